The van der Waals surface area contributed by atoms with Gasteiger partial charge in [-0.2, -0.15) is 5.10 Å². The third kappa shape index (κ3) is 5.35. The molecular weight excluding hydrogens is 442 g/mol. The van der Waals surface area contributed by atoms with Crippen molar-refractivity contribution in [2.75, 3.05) is 53.5 Å². The molecule has 1 saturated heterocycles. The molecule has 0 radical (unpaired) electrons. The molecule has 0 atom stereocenters. The van der Waals surface area contributed by atoms with Crippen LogP contribution in [0.4, 0.5) is 0 Å². The largest absolute Gasteiger partial charge is 0.497 e. The highest BCUT2D eigenvalue weighted by Crippen LogP contribution is 2.32. The minimum absolute atomic E-state index is 0.0403. The van der Waals surface area contributed by atoms with E-state index in [1.165, 1.54) is 11.3 Å². The van der Waals surface area contributed by atoms with Gasteiger partial charge in [-0.05, 0) is 35.7 Å². The van der Waals surface area contributed by atoms with E-state index >= 15 is 0 Å². The monoisotopic (exact) mass is 469 g/mol. The lowest BCUT2D eigenvalue weighted by Crippen LogP contribution is -2.50. The quantitative estimate of drug-likeness (QED) is 0.525. The highest BCUT2D eigenvalue weighted by molar-refractivity contribution is 7.12. The second-order valence-electron chi connectivity index (χ2n) is 7.60. The number of ether oxygens (including phenoxy) is 2. The zero-order valence-corrected chi connectivity index (χ0v) is 19.5. The number of aromatic nitrogens is 2. The molecule has 3 heterocycles. The average Bonchev–Trinajstić information content (AvgIpc) is 3.56. The zero-order chi connectivity index (χ0) is 23.2. The van der Waals surface area contributed by atoms with Crippen LogP contribution in [-0.4, -0.2) is 85.3 Å². The van der Waals surface area contributed by atoms with E-state index in [2.05, 4.69) is 20.4 Å². The number of nitrogens with one attached hydrogen (secondary N) is 2. The molecule has 0 bridgehead atoms. The predicted molar refractivity (Wildman–Crippen MR) is 126 cm³/mol. The highest BCUT2D eigenvalue weighted by Gasteiger charge is 2.24. The third-order valence-corrected chi connectivity index (χ3v) is 6.48. The first-order valence-corrected chi connectivity index (χ1v) is 11.6. The molecule has 1 fully saturated rings. The van der Waals surface area contributed by atoms with Gasteiger partial charge in [0.05, 0.1) is 24.8 Å². The maximum Gasteiger partial charge on any atom is 0.271 e. The summed E-state index contributed by atoms with van der Waals surface area (Å²) >= 11 is 1.43. The molecule has 1 aromatic carbocycles. The van der Waals surface area contributed by atoms with Gasteiger partial charge in [0, 0.05) is 44.8 Å². The van der Waals surface area contributed by atoms with Crippen molar-refractivity contribution < 1.29 is 19.1 Å². The van der Waals surface area contributed by atoms with Gasteiger partial charge >= 0.3 is 0 Å². The van der Waals surface area contributed by atoms with Gasteiger partial charge in [-0.15, -0.1) is 11.3 Å². The van der Waals surface area contributed by atoms with Gasteiger partial charge in [-0.3, -0.25) is 19.6 Å². The van der Waals surface area contributed by atoms with E-state index in [0.717, 1.165) is 30.1 Å². The summed E-state index contributed by atoms with van der Waals surface area (Å²) in [6.07, 6.45) is 0. The number of rotatable bonds is 8. The van der Waals surface area contributed by atoms with Gasteiger partial charge in [0.15, 0.2) is 0 Å². The zero-order valence-electron chi connectivity index (χ0n) is 18.7. The molecule has 0 unspecified atom stereocenters. The van der Waals surface area contributed by atoms with Crippen LogP contribution < -0.4 is 14.8 Å². The van der Waals surface area contributed by atoms with Crippen LogP contribution in [0, 0.1) is 0 Å². The van der Waals surface area contributed by atoms with Crippen LogP contribution in [0.5, 0.6) is 11.5 Å². The van der Waals surface area contributed by atoms with Crippen molar-refractivity contribution in [3.63, 3.8) is 0 Å². The smallest absolute Gasteiger partial charge is 0.271 e. The number of H-pyrrole nitrogens is 1. The topological polar surface area (TPSA) is 99.8 Å². The van der Waals surface area contributed by atoms with Gasteiger partial charge in [0.1, 0.15) is 17.2 Å². The first-order chi connectivity index (χ1) is 16.1. The van der Waals surface area contributed by atoms with Gasteiger partial charge in [0.25, 0.3) is 11.8 Å². The highest BCUT2D eigenvalue weighted by atomic mass is 32.1. The lowest BCUT2D eigenvalue weighted by Gasteiger charge is -2.34. The van der Waals surface area contributed by atoms with Crippen LogP contribution in [0.25, 0.3) is 11.3 Å². The molecule has 2 N–H and O–H groups in total. The Labute approximate surface area is 196 Å². The second-order valence-corrected chi connectivity index (χ2v) is 8.55. The molecular formula is C23H27N5O4S. The van der Waals surface area contributed by atoms with Gasteiger partial charge in [-0.25, -0.2) is 0 Å². The Hall–Kier alpha value is -3.37. The van der Waals surface area contributed by atoms with E-state index in [-0.39, 0.29) is 11.8 Å². The third-order valence-electron chi connectivity index (χ3n) is 5.61. The molecule has 33 heavy (non-hydrogen) atoms. The molecule has 0 saturated carbocycles. The van der Waals surface area contributed by atoms with Crippen LogP contribution in [0.2, 0.25) is 0 Å². The number of aromatic amines is 1. The fourth-order valence-corrected chi connectivity index (χ4v) is 4.39. The lowest BCUT2D eigenvalue weighted by atomic mass is 10.1. The predicted octanol–water partition coefficient (Wildman–Crippen LogP) is 2.34. The van der Waals surface area contributed by atoms with Crippen LogP contribution in [0.3, 0.4) is 0 Å². The second kappa shape index (κ2) is 10.5. The van der Waals surface area contributed by atoms with Crippen molar-refractivity contribution >= 4 is 23.2 Å². The van der Waals surface area contributed by atoms with Crippen molar-refractivity contribution in [3.05, 3.63) is 52.3 Å². The molecule has 3 aromatic rings. The van der Waals surface area contributed by atoms with Gasteiger partial charge < -0.3 is 19.7 Å². The van der Waals surface area contributed by atoms with Gasteiger partial charge in [0.2, 0.25) is 0 Å². The number of amides is 2. The molecule has 9 nitrogen and oxygen atoms in total. The summed E-state index contributed by atoms with van der Waals surface area (Å²) in [6.45, 7) is 4.08. The molecule has 1 aliphatic heterocycles. The van der Waals surface area contributed by atoms with E-state index in [1.54, 1.807) is 20.3 Å². The average molecular weight is 470 g/mol. The summed E-state index contributed by atoms with van der Waals surface area (Å²) in [7, 11) is 3.19. The Bertz CT molecular complexity index is 1090. The van der Waals surface area contributed by atoms with E-state index in [1.807, 2.05) is 40.6 Å². The molecule has 10 heteroatoms. The Balaban J connectivity index is 1.30. The van der Waals surface area contributed by atoms with E-state index in [9.17, 15) is 9.59 Å². The SMILES string of the molecule is COc1ccc(OC)c(-c2cc(C(=O)N3CCN(CCNC(=O)c4cccs4)CC3)[nH]n2)c1. The molecule has 4 rings (SSSR count). The normalized spacial score (nSPS) is 14.2. The number of piperazine rings is 1. The maximum atomic E-state index is 13.0. The van der Waals surface area contributed by atoms with Crippen LogP contribution in [0.1, 0.15) is 20.2 Å². The molecule has 174 valence electrons. The van der Waals surface area contributed by atoms with E-state index in [4.69, 9.17) is 9.47 Å². The number of thiophene rings is 1. The number of carbonyl (C=O) groups is 2. The van der Waals surface area contributed by atoms with Crippen molar-refractivity contribution in [1.82, 2.24) is 25.3 Å². The number of nitrogens with zero attached hydrogens (tertiary/aromatic N) is 3. The van der Waals surface area contributed by atoms with Crippen LogP contribution in [0.15, 0.2) is 41.8 Å². The summed E-state index contributed by atoms with van der Waals surface area (Å²) in [5, 5.41) is 12.0. The van der Waals surface area contributed by atoms with Crippen LogP contribution in [-0.2, 0) is 0 Å². The van der Waals surface area contributed by atoms with Crippen molar-refractivity contribution in [2.45, 2.75) is 0 Å². The molecule has 1 aliphatic rings. The van der Waals surface area contributed by atoms with Crippen molar-refractivity contribution in [3.8, 4) is 22.8 Å². The summed E-state index contributed by atoms with van der Waals surface area (Å²) in [5.41, 5.74) is 1.81. The molecule has 2 aromatic heterocycles. The van der Waals surface area contributed by atoms with Crippen molar-refractivity contribution in [2.24, 2.45) is 0 Å². The fraction of sp³-hybridized carbons (Fsp3) is 0.348. The number of hydrogen-bond acceptors (Lipinski definition) is 7. The number of benzene rings is 1. The van der Waals surface area contributed by atoms with E-state index < -0.39 is 0 Å². The standard InChI is InChI=1S/C23H27N5O4S/c1-31-16-5-6-20(32-2)17(14-16)18-15-19(26-25-18)23(30)28-11-9-27(10-12-28)8-7-24-22(29)21-4-3-13-33-21/h3-6,13-15H,7-12H2,1-2H3,(H,24,29)(H,25,26). The molecule has 2 amide bonds. The molecule has 0 spiro atoms. The summed E-state index contributed by atoms with van der Waals surface area (Å²) in [5.74, 6) is 1.22. The maximum absolute atomic E-state index is 13.0. The summed E-state index contributed by atoms with van der Waals surface area (Å²) in [4.78, 5) is 29.8. The molecule has 0 aliphatic carbocycles. The number of methoxy groups -OCH3 is 2. The Morgan fingerprint density at radius 2 is 1.94 bits per heavy atom. The lowest BCUT2D eigenvalue weighted by molar-refractivity contribution is 0.0632. The summed E-state index contributed by atoms with van der Waals surface area (Å²) in [6, 6.07) is 10.9. The van der Waals surface area contributed by atoms with Gasteiger partial charge in [-0.1, -0.05) is 6.07 Å². The number of hydrogen-bond donors (Lipinski definition) is 2. The van der Waals surface area contributed by atoms with Crippen LogP contribution >= 0.6 is 11.3 Å². The van der Waals surface area contributed by atoms with E-state index in [0.29, 0.717) is 42.5 Å². The first kappa shape index (κ1) is 22.8. The van der Waals surface area contributed by atoms with Crippen molar-refractivity contribution in [1.29, 1.82) is 0 Å². The summed E-state index contributed by atoms with van der Waals surface area (Å²) < 4.78 is 10.7. The Kier molecular flexibility index (Phi) is 7.26. The fourth-order valence-electron chi connectivity index (χ4n) is 3.75. The Morgan fingerprint density at radius 3 is 2.64 bits per heavy atom. The first-order valence-electron chi connectivity index (χ1n) is 10.7. The minimum Gasteiger partial charge on any atom is -0.497 e. The minimum atomic E-state index is -0.0822. The Morgan fingerprint density at radius 1 is 1.12 bits per heavy atom. The number of carbonyl (C=O) groups excluding carboxylic acids is 2.